The van der Waals surface area contributed by atoms with Gasteiger partial charge in [-0.15, -0.1) is 0 Å². The number of nitrogens with one attached hydrogen (secondary N) is 1. The van der Waals surface area contributed by atoms with Crippen LogP contribution in [0, 0.1) is 5.92 Å². The normalized spacial score (nSPS) is 15.9. The molecule has 3 heteroatoms. The van der Waals surface area contributed by atoms with Gasteiger partial charge in [-0.25, -0.2) is 0 Å². The van der Waals surface area contributed by atoms with E-state index in [0.29, 0.717) is 25.2 Å². The lowest BCUT2D eigenvalue weighted by atomic mass is 10.2. The van der Waals surface area contributed by atoms with Crippen LogP contribution in [0.1, 0.15) is 27.7 Å². The molecule has 14 heavy (non-hydrogen) atoms. The van der Waals surface area contributed by atoms with Crippen molar-refractivity contribution in [2.24, 2.45) is 5.92 Å². The van der Waals surface area contributed by atoms with Crippen LogP contribution in [0.15, 0.2) is 0 Å². The fourth-order valence-electron chi connectivity index (χ4n) is 0.991. The maximum atomic E-state index is 5.59. The van der Waals surface area contributed by atoms with Crippen LogP contribution in [-0.4, -0.2) is 39.0 Å². The molecule has 0 aromatic carbocycles. The number of hydrogen-bond acceptors (Lipinski definition) is 3. The van der Waals surface area contributed by atoms with E-state index in [1.54, 1.807) is 0 Å². The molecule has 0 rings (SSSR count). The van der Waals surface area contributed by atoms with Crippen LogP contribution in [0.3, 0.4) is 0 Å². The summed E-state index contributed by atoms with van der Waals surface area (Å²) in [7, 11) is 1.94. The van der Waals surface area contributed by atoms with E-state index in [-0.39, 0.29) is 6.10 Å². The highest BCUT2D eigenvalue weighted by Gasteiger charge is 2.09. The minimum Gasteiger partial charge on any atom is -0.379 e. The molecule has 0 heterocycles. The van der Waals surface area contributed by atoms with E-state index in [9.17, 15) is 0 Å². The molecular formula is C11H25NO2. The molecule has 0 saturated heterocycles. The van der Waals surface area contributed by atoms with Gasteiger partial charge in [-0.05, 0) is 26.8 Å². The summed E-state index contributed by atoms with van der Waals surface area (Å²) in [6.45, 7) is 10.7. The summed E-state index contributed by atoms with van der Waals surface area (Å²) in [4.78, 5) is 0. The monoisotopic (exact) mass is 203 g/mol. The molecule has 0 aliphatic heterocycles. The van der Waals surface area contributed by atoms with Crippen molar-refractivity contribution < 1.29 is 9.47 Å². The summed E-state index contributed by atoms with van der Waals surface area (Å²) in [6.07, 6.45) is 0.239. The van der Waals surface area contributed by atoms with Crippen molar-refractivity contribution in [3.8, 4) is 0 Å². The van der Waals surface area contributed by atoms with Gasteiger partial charge >= 0.3 is 0 Å². The highest BCUT2D eigenvalue weighted by molar-refractivity contribution is 4.65. The van der Waals surface area contributed by atoms with Crippen LogP contribution in [0.2, 0.25) is 0 Å². The van der Waals surface area contributed by atoms with Gasteiger partial charge < -0.3 is 14.8 Å². The summed E-state index contributed by atoms with van der Waals surface area (Å²) in [5.41, 5.74) is 0. The van der Waals surface area contributed by atoms with Crippen LogP contribution < -0.4 is 5.32 Å². The van der Waals surface area contributed by atoms with Gasteiger partial charge in [-0.1, -0.05) is 13.8 Å². The van der Waals surface area contributed by atoms with Gasteiger partial charge in [0.15, 0.2) is 0 Å². The third kappa shape index (κ3) is 7.30. The molecule has 0 aromatic rings. The fraction of sp³-hybridized carbons (Fsp3) is 1.00. The van der Waals surface area contributed by atoms with Gasteiger partial charge in [-0.2, -0.15) is 0 Å². The standard InChI is InChI=1S/C11H25NO2/c1-9(2)8-13-6-7-14-11(4)10(3)12-5/h9-12H,6-8H2,1-5H3. The molecule has 0 fully saturated rings. The van der Waals surface area contributed by atoms with Crippen LogP contribution in [0.5, 0.6) is 0 Å². The maximum absolute atomic E-state index is 5.59. The molecule has 86 valence electrons. The molecule has 1 N–H and O–H groups in total. The second-order valence-electron chi connectivity index (χ2n) is 4.12. The molecule has 0 radical (unpaired) electrons. The third-order valence-corrected chi connectivity index (χ3v) is 2.22. The van der Waals surface area contributed by atoms with E-state index in [1.165, 1.54) is 0 Å². The molecule has 0 amide bonds. The molecule has 3 nitrogen and oxygen atoms in total. The molecule has 0 spiro atoms. The van der Waals surface area contributed by atoms with Crippen molar-refractivity contribution in [1.29, 1.82) is 0 Å². The Morgan fingerprint density at radius 1 is 1.07 bits per heavy atom. The highest BCUT2D eigenvalue weighted by atomic mass is 16.5. The van der Waals surface area contributed by atoms with E-state index in [1.807, 2.05) is 7.05 Å². The average molecular weight is 203 g/mol. The highest BCUT2D eigenvalue weighted by Crippen LogP contribution is 1.98. The third-order valence-electron chi connectivity index (χ3n) is 2.22. The van der Waals surface area contributed by atoms with Gasteiger partial charge in [0.2, 0.25) is 0 Å². The Balaban J connectivity index is 3.27. The smallest absolute Gasteiger partial charge is 0.0704 e. The van der Waals surface area contributed by atoms with Crippen molar-refractivity contribution in [3.63, 3.8) is 0 Å². The Morgan fingerprint density at radius 3 is 2.21 bits per heavy atom. The lowest BCUT2D eigenvalue weighted by Crippen LogP contribution is -2.35. The second kappa shape index (κ2) is 8.21. The van der Waals surface area contributed by atoms with Crippen molar-refractivity contribution in [3.05, 3.63) is 0 Å². The van der Waals surface area contributed by atoms with Gasteiger partial charge in [0.05, 0.1) is 19.3 Å². The molecule has 2 atom stereocenters. The Labute approximate surface area is 88.2 Å². The Morgan fingerprint density at radius 2 is 1.71 bits per heavy atom. The minimum absolute atomic E-state index is 0.239. The number of likely N-dealkylation sites (N-methyl/N-ethyl adjacent to an activating group) is 1. The first kappa shape index (κ1) is 13.9. The van der Waals surface area contributed by atoms with Gasteiger partial charge in [-0.3, -0.25) is 0 Å². The zero-order chi connectivity index (χ0) is 11.0. The summed E-state index contributed by atoms with van der Waals surface area (Å²) in [5.74, 6) is 0.601. The van der Waals surface area contributed by atoms with E-state index in [2.05, 4.69) is 33.0 Å². The van der Waals surface area contributed by atoms with Crippen molar-refractivity contribution in [2.45, 2.75) is 39.8 Å². The Bertz CT molecular complexity index is 128. The molecule has 0 aliphatic rings. The van der Waals surface area contributed by atoms with E-state index in [0.717, 1.165) is 6.61 Å². The lowest BCUT2D eigenvalue weighted by Gasteiger charge is -2.19. The largest absolute Gasteiger partial charge is 0.379 e. The summed E-state index contributed by atoms with van der Waals surface area (Å²) in [6, 6.07) is 0.389. The first-order valence-corrected chi connectivity index (χ1v) is 5.44. The van der Waals surface area contributed by atoms with E-state index in [4.69, 9.17) is 9.47 Å². The summed E-state index contributed by atoms with van der Waals surface area (Å²) >= 11 is 0. The molecule has 2 unspecified atom stereocenters. The SMILES string of the molecule is CNC(C)C(C)OCCOCC(C)C. The van der Waals surface area contributed by atoms with Crippen LogP contribution in [0.25, 0.3) is 0 Å². The number of ether oxygens (including phenoxy) is 2. The van der Waals surface area contributed by atoms with Crippen molar-refractivity contribution >= 4 is 0 Å². The fourth-order valence-corrected chi connectivity index (χ4v) is 0.991. The van der Waals surface area contributed by atoms with Crippen LogP contribution >= 0.6 is 0 Å². The predicted octanol–water partition coefficient (Wildman–Crippen LogP) is 1.67. The van der Waals surface area contributed by atoms with Gasteiger partial charge in [0.1, 0.15) is 0 Å². The Hall–Kier alpha value is -0.120. The number of hydrogen-bond donors (Lipinski definition) is 1. The lowest BCUT2D eigenvalue weighted by molar-refractivity contribution is -0.00444. The second-order valence-corrected chi connectivity index (χ2v) is 4.12. The predicted molar refractivity (Wildman–Crippen MR) is 59.6 cm³/mol. The topological polar surface area (TPSA) is 30.5 Å². The zero-order valence-corrected chi connectivity index (χ0v) is 10.2. The van der Waals surface area contributed by atoms with E-state index >= 15 is 0 Å². The van der Waals surface area contributed by atoms with Crippen molar-refractivity contribution in [2.75, 3.05) is 26.9 Å². The first-order chi connectivity index (χ1) is 6.57. The van der Waals surface area contributed by atoms with Crippen LogP contribution in [-0.2, 0) is 9.47 Å². The van der Waals surface area contributed by atoms with E-state index < -0.39 is 0 Å². The molecule has 0 bridgehead atoms. The van der Waals surface area contributed by atoms with Crippen LogP contribution in [0.4, 0.5) is 0 Å². The molecule has 0 aliphatic carbocycles. The van der Waals surface area contributed by atoms with Crippen molar-refractivity contribution in [1.82, 2.24) is 5.32 Å². The molecule has 0 saturated carbocycles. The average Bonchev–Trinajstić information content (AvgIpc) is 2.15. The first-order valence-electron chi connectivity index (χ1n) is 5.44. The van der Waals surface area contributed by atoms with Gasteiger partial charge in [0.25, 0.3) is 0 Å². The summed E-state index contributed by atoms with van der Waals surface area (Å²) < 4.78 is 11.0. The number of rotatable bonds is 8. The zero-order valence-electron chi connectivity index (χ0n) is 10.2. The Kier molecular flexibility index (Phi) is 8.14. The molecule has 0 aromatic heterocycles. The van der Waals surface area contributed by atoms with Gasteiger partial charge in [0, 0.05) is 12.6 Å². The molecular weight excluding hydrogens is 178 g/mol. The minimum atomic E-state index is 0.239. The quantitative estimate of drug-likeness (QED) is 0.609. The summed E-state index contributed by atoms with van der Waals surface area (Å²) in [5, 5.41) is 3.16. The maximum Gasteiger partial charge on any atom is 0.0704 e.